The van der Waals surface area contributed by atoms with Crippen molar-refractivity contribution in [1.82, 2.24) is 30.1 Å². The highest BCUT2D eigenvalue weighted by atomic mass is 16.3. The number of nitrogens with zero attached hydrogens (tertiary/aromatic N) is 5. The molecule has 3 heterocycles. The quantitative estimate of drug-likeness (QED) is 0.270. The van der Waals surface area contributed by atoms with Crippen molar-refractivity contribution in [1.29, 1.82) is 0 Å². The lowest BCUT2D eigenvalue weighted by molar-refractivity contribution is 0.144. The molecule has 1 N–H and O–H groups in total. The molecular formula is C29H32N6O2. The second-order valence-corrected chi connectivity index (χ2v) is 9.50. The standard InChI is InChI=1S/C29H32N6O2/c1-3-8-27(28-31-32-33-35(28)15-14-22-9-5-4-6-10-22)34(20-25-11-7-16-37-25)19-24-18-23-13-12-21(2)17-26(23)30-29(24)36/h4-7,9-13,16-18,27H,3,8,14-15,19-20H2,1-2H3,(H,30,36). The Bertz CT molecular complexity index is 1490. The van der Waals surface area contributed by atoms with Gasteiger partial charge in [0.15, 0.2) is 5.82 Å². The third kappa shape index (κ3) is 5.86. The molecule has 0 saturated carbocycles. The summed E-state index contributed by atoms with van der Waals surface area (Å²) in [6.07, 6.45) is 4.30. The van der Waals surface area contributed by atoms with Gasteiger partial charge in [-0.2, -0.15) is 0 Å². The van der Waals surface area contributed by atoms with Crippen molar-refractivity contribution < 1.29 is 4.42 Å². The first kappa shape index (κ1) is 24.6. The van der Waals surface area contributed by atoms with Crippen molar-refractivity contribution in [3.63, 3.8) is 0 Å². The number of pyridine rings is 1. The van der Waals surface area contributed by atoms with Crippen molar-refractivity contribution in [3.05, 3.63) is 112 Å². The topological polar surface area (TPSA) is 92.8 Å². The van der Waals surface area contributed by atoms with Gasteiger partial charge in [0.2, 0.25) is 0 Å². The molecule has 0 amide bonds. The Kier molecular flexibility index (Phi) is 7.56. The molecular weight excluding hydrogens is 464 g/mol. The van der Waals surface area contributed by atoms with Crippen LogP contribution < -0.4 is 5.56 Å². The minimum Gasteiger partial charge on any atom is -0.468 e. The minimum absolute atomic E-state index is 0.0820. The molecule has 37 heavy (non-hydrogen) atoms. The van der Waals surface area contributed by atoms with Crippen LogP contribution >= 0.6 is 0 Å². The third-order valence-corrected chi connectivity index (χ3v) is 6.71. The van der Waals surface area contributed by atoms with Crippen LogP contribution in [0, 0.1) is 6.92 Å². The number of rotatable bonds is 11. The average molecular weight is 497 g/mol. The SMILES string of the molecule is CCCC(c1nnnn1CCc1ccccc1)N(Cc1ccco1)Cc1cc2ccc(C)cc2[nH]c1=O. The molecule has 0 radical (unpaired) electrons. The number of hydrogen-bond acceptors (Lipinski definition) is 6. The maximum absolute atomic E-state index is 13.1. The van der Waals surface area contributed by atoms with Gasteiger partial charge in [-0.3, -0.25) is 9.69 Å². The van der Waals surface area contributed by atoms with Crippen molar-refractivity contribution in [2.24, 2.45) is 0 Å². The maximum Gasteiger partial charge on any atom is 0.252 e. The van der Waals surface area contributed by atoms with E-state index in [1.54, 1.807) is 6.26 Å². The zero-order valence-corrected chi connectivity index (χ0v) is 21.3. The lowest BCUT2D eigenvalue weighted by atomic mass is 10.1. The number of benzene rings is 2. The Morgan fingerprint density at radius 3 is 2.70 bits per heavy atom. The number of H-pyrrole nitrogens is 1. The molecule has 8 heteroatoms. The fourth-order valence-electron chi connectivity index (χ4n) is 4.81. The molecule has 5 rings (SSSR count). The van der Waals surface area contributed by atoms with Crippen molar-refractivity contribution >= 4 is 10.9 Å². The normalized spacial score (nSPS) is 12.4. The number of aromatic nitrogens is 5. The van der Waals surface area contributed by atoms with E-state index in [0.29, 0.717) is 25.2 Å². The predicted octanol–water partition coefficient (Wildman–Crippen LogP) is 5.20. The molecule has 0 fully saturated rings. The smallest absolute Gasteiger partial charge is 0.252 e. The molecule has 0 bridgehead atoms. The zero-order chi connectivity index (χ0) is 25.6. The van der Waals surface area contributed by atoms with Gasteiger partial charge in [-0.1, -0.05) is 55.8 Å². The van der Waals surface area contributed by atoms with E-state index in [4.69, 9.17) is 4.42 Å². The van der Waals surface area contributed by atoms with Crippen LogP contribution in [-0.2, 0) is 26.1 Å². The molecule has 0 aliphatic carbocycles. The number of aryl methyl sites for hydroxylation is 3. The Hall–Kier alpha value is -4.04. The highest BCUT2D eigenvalue weighted by Crippen LogP contribution is 2.28. The molecule has 0 saturated heterocycles. The van der Waals surface area contributed by atoms with Gasteiger partial charge in [0, 0.05) is 24.2 Å². The van der Waals surface area contributed by atoms with Gasteiger partial charge < -0.3 is 9.40 Å². The number of hydrogen-bond donors (Lipinski definition) is 1. The Balaban J connectivity index is 1.47. The second kappa shape index (κ2) is 11.3. The third-order valence-electron chi connectivity index (χ3n) is 6.71. The van der Waals surface area contributed by atoms with Crippen LogP contribution in [0.1, 0.15) is 54.1 Å². The Labute approximate surface area is 215 Å². The number of furan rings is 1. The van der Waals surface area contributed by atoms with Crippen LogP contribution in [0.4, 0.5) is 0 Å². The maximum atomic E-state index is 13.1. The first-order valence-electron chi connectivity index (χ1n) is 12.8. The summed E-state index contributed by atoms with van der Waals surface area (Å²) < 4.78 is 7.61. The van der Waals surface area contributed by atoms with Crippen molar-refractivity contribution in [2.75, 3.05) is 0 Å². The zero-order valence-electron chi connectivity index (χ0n) is 21.3. The average Bonchev–Trinajstić information content (AvgIpc) is 3.59. The van der Waals surface area contributed by atoms with E-state index in [2.05, 4.69) is 56.6 Å². The Morgan fingerprint density at radius 1 is 1.05 bits per heavy atom. The summed E-state index contributed by atoms with van der Waals surface area (Å²) in [6.45, 7) is 5.83. The van der Waals surface area contributed by atoms with Gasteiger partial charge in [0.1, 0.15) is 5.76 Å². The van der Waals surface area contributed by atoms with Crippen LogP contribution in [0.25, 0.3) is 10.9 Å². The van der Waals surface area contributed by atoms with E-state index in [9.17, 15) is 4.79 Å². The van der Waals surface area contributed by atoms with Crippen LogP contribution in [-0.4, -0.2) is 30.1 Å². The summed E-state index contributed by atoms with van der Waals surface area (Å²) in [5.74, 6) is 1.63. The van der Waals surface area contributed by atoms with E-state index in [0.717, 1.165) is 47.3 Å². The molecule has 5 aromatic rings. The minimum atomic E-state index is -0.0889. The van der Waals surface area contributed by atoms with Gasteiger partial charge in [0.05, 0.1) is 18.8 Å². The first-order valence-corrected chi connectivity index (χ1v) is 12.8. The monoisotopic (exact) mass is 496 g/mol. The molecule has 0 spiro atoms. The van der Waals surface area contributed by atoms with Gasteiger partial charge in [-0.05, 0) is 71.0 Å². The summed E-state index contributed by atoms with van der Waals surface area (Å²) >= 11 is 0. The van der Waals surface area contributed by atoms with E-state index in [1.807, 2.05) is 54.1 Å². The molecule has 0 aliphatic rings. The van der Waals surface area contributed by atoms with E-state index >= 15 is 0 Å². The van der Waals surface area contributed by atoms with Gasteiger partial charge in [0.25, 0.3) is 5.56 Å². The molecule has 0 aliphatic heterocycles. The van der Waals surface area contributed by atoms with Crippen LogP contribution in [0.2, 0.25) is 0 Å². The van der Waals surface area contributed by atoms with E-state index in [-0.39, 0.29) is 11.6 Å². The number of fused-ring (bicyclic) bond motifs is 1. The van der Waals surface area contributed by atoms with Gasteiger partial charge in [-0.25, -0.2) is 4.68 Å². The first-order chi connectivity index (χ1) is 18.1. The lowest BCUT2D eigenvalue weighted by Gasteiger charge is -2.30. The Morgan fingerprint density at radius 2 is 1.92 bits per heavy atom. The van der Waals surface area contributed by atoms with Crippen molar-refractivity contribution in [2.45, 2.75) is 58.8 Å². The largest absolute Gasteiger partial charge is 0.468 e. The van der Waals surface area contributed by atoms with Crippen LogP contribution in [0.3, 0.4) is 0 Å². The van der Waals surface area contributed by atoms with Crippen molar-refractivity contribution in [3.8, 4) is 0 Å². The van der Waals surface area contributed by atoms with E-state index in [1.165, 1.54) is 5.56 Å². The summed E-state index contributed by atoms with van der Waals surface area (Å²) in [4.78, 5) is 18.4. The fraction of sp³-hybridized carbons (Fsp3) is 0.310. The molecule has 190 valence electrons. The van der Waals surface area contributed by atoms with Crippen LogP contribution in [0.5, 0.6) is 0 Å². The second-order valence-electron chi connectivity index (χ2n) is 9.50. The lowest BCUT2D eigenvalue weighted by Crippen LogP contribution is -2.32. The number of tetrazole rings is 1. The molecule has 8 nitrogen and oxygen atoms in total. The van der Waals surface area contributed by atoms with Gasteiger partial charge >= 0.3 is 0 Å². The molecule has 1 atom stereocenters. The summed E-state index contributed by atoms with van der Waals surface area (Å²) in [6, 6.07) is 22.2. The molecule has 3 aromatic heterocycles. The summed E-state index contributed by atoms with van der Waals surface area (Å²) in [5.41, 5.74) is 3.82. The number of aromatic amines is 1. The summed E-state index contributed by atoms with van der Waals surface area (Å²) in [5, 5.41) is 13.8. The highest BCUT2D eigenvalue weighted by molar-refractivity contribution is 5.79. The molecule has 1 unspecified atom stereocenters. The van der Waals surface area contributed by atoms with E-state index < -0.39 is 0 Å². The van der Waals surface area contributed by atoms with Gasteiger partial charge in [-0.15, -0.1) is 5.10 Å². The highest BCUT2D eigenvalue weighted by Gasteiger charge is 2.27. The predicted molar refractivity (Wildman–Crippen MR) is 143 cm³/mol. The summed E-state index contributed by atoms with van der Waals surface area (Å²) in [7, 11) is 0. The number of nitrogens with one attached hydrogen (secondary N) is 1. The fourth-order valence-corrected chi connectivity index (χ4v) is 4.81. The van der Waals surface area contributed by atoms with Crippen LogP contribution in [0.15, 0.2) is 82.2 Å². The molecule has 2 aromatic carbocycles.